The summed E-state index contributed by atoms with van der Waals surface area (Å²) >= 11 is 1.42. The maximum absolute atomic E-state index is 12.4. The van der Waals surface area contributed by atoms with Crippen molar-refractivity contribution in [1.82, 2.24) is 9.55 Å². The van der Waals surface area contributed by atoms with E-state index in [1.165, 1.54) is 11.8 Å². The van der Waals surface area contributed by atoms with Crippen LogP contribution in [0.1, 0.15) is 0 Å². The Morgan fingerprint density at radius 1 is 1.16 bits per heavy atom. The Morgan fingerprint density at radius 2 is 1.88 bits per heavy atom. The van der Waals surface area contributed by atoms with Gasteiger partial charge in [0.15, 0.2) is 5.16 Å². The van der Waals surface area contributed by atoms with Crippen LogP contribution in [0.3, 0.4) is 0 Å². The SMILES string of the molecule is COc1ccc(-n2ccnc2SCC(=O)N(C)c2ccccc2)cc1. The van der Waals surface area contributed by atoms with Gasteiger partial charge >= 0.3 is 0 Å². The van der Waals surface area contributed by atoms with E-state index in [-0.39, 0.29) is 5.91 Å². The zero-order valence-electron chi connectivity index (χ0n) is 14.1. The average molecular weight is 353 g/mol. The summed E-state index contributed by atoms with van der Waals surface area (Å²) in [4.78, 5) is 18.4. The van der Waals surface area contributed by atoms with Crippen molar-refractivity contribution in [3.8, 4) is 11.4 Å². The van der Waals surface area contributed by atoms with E-state index in [1.54, 1.807) is 25.3 Å². The second-order valence-electron chi connectivity index (χ2n) is 5.35. The number of benzene rings is 2. The molecule has 0 radical (unpaired) electrons. The number of rotatable bonds is 6. The maximum Gasteiger partial charge on any atom is 0.237 e. The van der Waals surface area contributed by atoms with Crippen LogP contribution in [-0.4, -0.2) is 35.4 Å². The molecule has 1 aromatic heterocycles. The summed E-state index contributed by atoms with van der Waals surface area (Å²) in [7, 11) is 3.43. The minimum atomic E-state index is 0.0282. The van der Waals surface area contributed by atoms with E-state index in [1.807, 2.05) is 65.4 Å². The van der Waals surface area contributed by atoms with Crippen LogP contribution in [0, 0.1) is 0 Å². The van der Waals surface area contributed by atoms with Crippen LogP contribution in [-0.2, 0) is 4.79 Å². The van der Waals surface area contributed by atoms with E-state index in [0.29, 0.717) is 5.75 Å². The van der Waals surface area contributed by atoms with Gasteiger partial charge in [-0.3, -0.25) is 9.36 Å². The lowest BCUT2D eigenvalue weighted by Crippen LogP contribution is -2.27. The molecule has 128 valence electrons. The van der Waals surface area contributed by atoms with Gasteiger partial charge in [-0.05, 0) is 36.4 Å². The molecule has 0 N–H and O–H groups in total. The molecule has 2 aromatic carbocycles. The lowest BCUT2D eigenvalue weighted by Gasteiger charge is -2.17. The number of hydrogen-bond acceptors (Lipinski definition) is 4. The summed E-state index contributed by atoms with van der Waals surface area (Å²) in [6.07, 6.45) is 3.62. The van der Waals surface area contributed by atoms with Crippen LogP contribution in [0.5, 0.6) is 5.75 Å². The Kier molecular flexibility index (Phi) is 5.40. The largest absolute Gasteiger partial charge is 0.497 e. The molecule has 3 aromatic rings. The molecule has 0 saturated heterocycles. The first kappa shape index (κ1) is 17.1. The van der Waals surface area contributed by atoms with Gasteiger partial charge in [0.1, 0.15) is 5.75 Å². The Balaban J connectivity index is 1.68. The molecule has 5 nitrogen and oxygen atoms in total. The van der Waals surface area contributed by atoms with Crippen molar-refractivity contribution in [3.63, 3.8) is 0 Å². The van der Waals surface area contributed by atoms with Gasteiger partial charge in [-0.1, -0.05) is 30.0 Å². The van der Waals surface area contributed by atoms with Crippen LogP contribution in [0.2, 0.25) is 0 Å². The van der Waals surface area contributed by atoms with Crippen molar-refractivity contribution >= 4 is 23.4 Å². The molecule has 1 heterocycles. The van der Waals surface area contributed by atoms with Crippen molar-refractivity contribution in [3.05, 3.63) is 67.0 Å². The predicted molar refractivity (Wildman–Crippen MR) is 101 cm³/mol. The number of anilines is 1. The highest BCUT2D eigenvalue weighted by Gasteiger charge is 2.13. The van der Waals surface area contributed by atoms with Crippen molar-refractivity contribution in [2.75, 3.05) is 24.8 Å². The van der Waals surface area contributed by atoms with Gasteiger partial charge in [-0.25, -0.2) is 4.98 Å². The molecule has 0 aliphatic rings. The Hall–Kier alpha value is -2.73. The molecule has 0 aliphatic carbocycles. The second kappa shape index (κ2) is 7.90. The van der Waals surface area contributed by atoms with Gasteiger partial charge in [-0.2, -0.15) is 0 Å². The standard InChI is InChI=1S/C19H19N3O2S/c1-21(15-6-4-3-5-7-15)18(23)14-25-19-20-12-13-22(19)16-8-10-17(24-2)11-9-16/h3-13H,14H2,1-2H3. The molecule has 0 saturated carbocycles. The molecule has 0 bridgehead atoms. The summed E-state index contributed by atoms with van der Waals surface area (Å²) in [6, 6.07) is 17.3. The minimum Gasteiger partial charge on any atom is -0.497 e. The molecular formula is C19H19N3O2S. The monoisotopic (exact) mass is 353 g/mol. The third kappa shape index (κ3) is 4.03. The zero-order chi connectivity index (χ0) is 17.6. The average Bonchev–Trinajstić information content (AvgIpc) is 3.15. The number of amides is 1. The third-order valence-corrected chi connectivity index (χ3v) is 4.75. The highest BCUT2D eigenvalue weighted by Crippen LogP contribution is 2.23. The number of hydrogen-bond donors (Lipinski definition) is 0. The molecule has 0 aliphatic heterocycles. The number of thioether (sulfide) groups is 1. The molecular weight excluding hydrogens is 334 g/mol. The van der Waals surface area contributed by atoms with Gasteiger partial charge in [0.25, 0.3) is 0 Å². The van der Waals surface area contributed by atoms with Crippen molar-refractivity contribution in [1.29, 1.82) is 0 Å². The number of carbonyl (C=O) groups excluding carboxylic acids is 1. The quantitative estimate of drug-likeness (QED) is 0.635. The molecule has 3 rings (SSSR count). The first-order valence-electron chi connectivity index (χ1n) is 7.81. The van der Waals surface area contributed by atoms with E-state index in [2.05, 4.69) is 4.98 Å². The van der Waals surface area contributed by atoms with Crippen LogP contribution in [0.4, 0.5) is 5.69 Å². The minimum absolute atomic E-state index is 0.0282. The van der Waals surface area contributed by atoms with E-state index in [4.69, 9.17) is 4.74 Å². The number of para-hydroxylation sites is 1. The van der Waals surface area contributed by atoms with Gasteiger partial charge in [0.2, 0.25) is 5.91 Å². The zero-order valence-corrected chi connectivity index (χ0v) is 14.9. The number of nitrogens with zero attached hydrogens (tertiary/aromatic N) is 3. The van der Waals surface area contributed by atoms with Crippen molar-refractivity contribution < 1.29 is 9.53 Å². The maximum atomic E-state index is 12.4. The fourth-order valence-corrected chi connectivity index (χ4v) is 3.24. The molecule has 0 atom stereocenters. The van der Waals surface area contributed by atoms with E-state index >= 15 is 0 Å². The number of carbonyl (C=O) groups is 1. The second-order valence-corrected chi connectivity index (χ2v) is 6.30. The molecule has 25 heavy (non-hydrogen) atoms. The van der Waals surface area contributed by atoms with Crippen LogP contribution >= 0.6 is 11.8 Å². The van der Waals surface area contributed by atoms with Gasteiger partial charge < -0.3 is 9.64 Å². The number of aromatic nitrogens is 2. The smallest absolute Gasteiger partial charge is 0.237 e. The first-order chi connectivity index (χ1) is 12.2. The summed E-state index contributed by atoms with van der Waals surface area (Å²) in [5.41, 5.74) is 1.86. The van der Waals surface area contributed by atoms with Crippen LogP contribution in [0.25, 0.3) is 5.69 Å². The van der Waals surface area contributed by atoms with E-state index in [9.17, 15) is 4.79 Å². The highest BCUT2D eigenvalue weighted by atomic mass is 32.2. The normalized spacial score (nSPS) is 10.5. The van der Waals surface area contributed by atoms with E-state index < -0.39 is 0 Å². The van der Waals surface area contributed by atoms with Gasteiger partial charge in [0.05, 0.1) is 12.9 Å². The topological polar surface area (TPSA) is 47.4 Å². The molecule has 0 unspecified atom stereocenters. The molecule has 1 amide bonds. The Morgan fingerprint density at radius 3 is 2.56 bits per heavy atom. The predicted octanol–water partition coefficient (Wildman–Crippen LogP) is 3.64. The fourth-order valence-electron chi connectivity index (χ4n) is 2.35. The Labute approximate surface area is 151 Å². The summed E-state index contributed by atoms with van der Waals surface area (Å²) < 4.78 is 7.14. The number of methoxy groups -OCH3 is 1. The molecule has 6 heteroatoms. The molecule has 0 fully saturated rings. The number of ether oxygens (including phenoxy) is 1. The van der Waals surface area contributed by atoms with Gasteiger partial charge in [0, 0.05) is 30.8 Å². The Bertz CT molecular complexity index is 831. The van der Waals surface area contributed by atoms with Crippen molar-refractivity contribution in [2.24, 2.45) is 0 Å². The lowest BCUT2D eigenvalue weighted by molar-refractivity contribution is -0.115. The van der Waals surface area contributed by atoms with Crippen LogP contribution < -0.4 is 9.64 Å². The third-order valence-electron chi connectivity index (χ3n) is 3.80. The van der Waals surface area contributed by atoms with Crippen molar-refractivity contribution in [2.45, 2.75) is 5.16 Å². The lowest BCUT2D eigenvalue weighted by atomic mass is 10.3. The summed E-state index contributed by atoms with van der Waals surface area (Å²) in [6.45, 7) is 0. The van der Waals surface area contributed by atoms with Gasteiger partial charge in [-0.15, -0.1) is 0 Å². The summed E-state index contributed by atoms with van der Waals surface area (Å²) in [5.74, 6) is 1.15. The highest BCUT2D eigenvalue weighted by molar-refractivity contribution is 7.99. The fraction of sp³-hybridized carbons (Fsp3) is 0.158. The van der Waals surface area contributed by atoms with Crippen LogP contribution in [0.15, 0.2) is 72.1 Å². The first-order valence-corrected chi connectivity index (χ1v) is 8.80. The summed E-state index contributed by atoms with van der Waals surface area (Å²) in [5, 5.41) is 0.778. The van der Waals surface area contributed by atoms with E-state index in [0.717, 1.165) is 22.3 Å². The molecule has 0 spiro atoms. The number of imidazole rings is 1.